The molecule has 1 saturated carbocycles. The highest BCUT2D eigenvalue weighted by molar-refractivity contribution is 5.44. The van der Waals surface area contributed by atoms with Crippen LogP contribution in [0.5, 0.6) is 11.5 Å². The van der Waals surface area contributed by atoms with E-state index in [1.165, 1.54) is 31.2 Å². The third-order valence-corrected chi connectivity index (χ3v) is 4.62. The van der Waals surface area contributed by atoms with Gasteiger partial charge in [-0.2, -0.15) is 0 Å². The maximum Gasteiger partial charge on any atom is 0.161 e. The average molecular weight is 261 g/mol. The van der Waals surface area contributed by atoms with Crippen LogP contribution in [0.2, 0.25) is 0 Å². The van der Waals surface area contributed by atoms with E-state index in [9.17, 15) is 0 Å². The Morgan fingerprint density at radius 1 is 1.21 bits per heavy atom. The summed E-state index contributed by atoms with van der Waals surface area (Å²) in [5.74, 6) is 3.19. The SMILES string of the molecule is CCC1CCC(C(N)c2ccc3c(c2)OCCO3)C1. The van der Waals surface area contributed by atoms with E-state index in [2.05, 4.69) is 19.1 Å². The molecule has 0 spiro atoms. The standard InChI is InChI=1S/C16H23NO2/c1-2-11-3-4-12(9-11)16(17)13-5-6-14-15(10-13)19-8-7-18-14/h5-6,10-12,16H,2-4,7-9,17H2,1H3. The molecule has 1 heterocycles. The molecule has 0 radical (unpaired) electrons. The van der Waals surface area contributed by atoms with Crippen molar-refractivity contribution in [2.75, 3.05) is 13.2 Å². The molecule has 1 fully saturated rings. The number of ether oxygens (including phenoxy) is 2. The first-order valence-electron chi connectivity index (χ1n) is 7.43. The average Bonchev–Trinajstić information content (AvgIpc) is 2.95. The van der Waals surface area contributed by atoms with Crippen LogP contribution in [0.25, 0.3) is 0 Å². The second-order valence-corrected chi connectivity index (χ2v) is 5.78. The van der Waals surface area contributed by atoms with Gasteiger partial charge < -0.3 is 15.2 Å². The maximum absolute atomic E-state index is 6.45. The van der Waals surface area contributed by atoms with Crippen molar-refractivity contribution in [3.8, 4) is 11.5 Å². The highest BCUT2D eigenvalue weighted by Gasteiger charge is 2.29. The summed E-state index contributed by atoms with van der Waals surface area (Å²) in [6.07, 6.45) is 5.14. The lowest BCUT2D eigenvalue weighted by Gasteiger charge is -2.23. The van der Waals surface area contributed by atoms with Gasteiger partial charge in [0.2, 0.25) is 0 Å². The number of hydrogen-bond donors (Lipinski definition) is 1. The molecule has 3 nitrogen and oxygen atoms in total. The summed E-state index contributed by atoms with van der Waals surface area (Å²) in [5.41, 5.74) is 7.64. The molecule has 3 atom stereocenters. The predicted molar refractivity (Wildman–Crippen MR) is 75.5 cm³/mol. The zero-order valence-corrected chi connectivity index (χ0v) is 11.6. The van der Waals surface area contributed by atoms with Crippen molar-refractivity contribution < 1.29 is 9.47 Å². The van der Waals surface area contributed by atoms with Gasteiger partial charge in [-0.25, -0.2) is 0 Å². The van der Waals surface area contributed by atoms with E-state index in [1.54, 1.807) is 0 Å². The van der Waals surface area contributed by atoms with Gasteiger partial charge in [-0.05, 0) is 42.4 Å². The van der Waals surface area contributed by atoms with Gasteiger partial charge in [0.1, 0.15) is 13.2 Å². The van der Waals surface area contributed by atoms with Gasteiger partial charge in [0.05, 0.1) is 0 Å². The molecular formula is C16H23NO2. The predicted octanol–water partition coefficient (Wildman–Crippen LogP) is 3.28. The quantitative estimate of drug-likeness (QED) is 0.908. The zero-order valence-electron chi connectivity index (χ0n) is 11.6. The Morgan fingerprint density at radius 2 is 2.00 bits per heavy atom. The fourth-order valence-electron chi connectivity index (χ4n) is 3.35. The molecule has 1 aromatic carbocycles. The van der Waals surface area contributed by atoms with Crippen LogP contribution < -0.4 is 15.2 Å². The summed E-state index contributed by atoms with van der Waals surface area (Å²) in [6, 6.07) is 6.29. The van der Waals surface area contributed by atoms with Crippen molar-refractivity contribution in [2.45, 2.75) is 38.6 Å². The maximum atomic E-state index is 6.45. The third kappa shape index (κ3) is 2.57. The molecule has 0 bridgehead atoms. The molecule has 1 aliphatic carbocycles. The van der Waals surface area contributed by atoms with Crippen LogP contribution in [0.1, 0.15) is 44.2 Å². The number of hydrogen-bond acceptors (Lipinski definition) is 3. The van der Waals surface area contributed by atoms with Gasteiger partial charge in [-0.1, -0.05) is 25.8 Å². The largest absolute Gasteiger partial charge is 0.486 e. The van der Waals surface area contributed by atoms with Gasteiger partial charge in [0.25, 0.3) is 0 Å². The van der Waals surface area contributed by atoms with Gasteiger partial charge in [0.15, 0.2) is 11.5 Å². The number of rotatable bonds is 3. The van der Waals surface area contributed by atoms with E-state index in [4.69, 9.17) is 15.2 Å². The van der Waals surface area contributed by atoms with Crippen LogP contribution in [0.3, 0.4) is 0 Å². The molecule has 2 N–H and O–H groups in total. The van der Waals surface area contributed by atoms with E-state index in [0.717, 1.165) is 17.4 Å². The molecular weight excluding hydrogens is 238 g/mol. The Morgan fingerprint density at radius 3 is 2.74 bits per heavy atom. The number of nitrogens with two attached hydrogens (primary N) is 1. The summed E-state index contributed by atoms with van der Waals surface area (Å²) >= 11 is 0. The first kappa shape index (κ1) is 12.8. The minimum Gasteiger partial charge on any atom is -0.486 e. The molecule has 2 aliphatic rings. The first-order chi connectivity index (χ1) is 9.28. The molecule has 19 heavy (non-hydrogen) atoms. The van der Waals surface area contributed by atoms with Crippen molar-refractivity contribution in [3.05, 3.63) is 23.8 Å². The second kappa shape index (κ2) is 5.41. The Balaban J connectivity index is 1.74. The lowest BCUT2D eigenvalue weighted by Crippen LogP contribution is -2.21. The summed E-state index contributed by atoms with van der Waals surface area (Å²) in [5, 5.41) is 0. The van der Waals surface area contributed by atoms with E-state index < -0.39 is 0 Å². The molecule has 104 valence electrons. The van der Waals surface area contributed by atoms with Crippen molar-refractivity contribution >= 4 is 0 Å². The van der Waals surface area contributed by atoms with Crippen molar-refractivity contribution in [2.24, 2.45) is 17.6 Å². The van der Waals surface area contributed by atoms with Crippen molar-refractivity contribution in [1.29, 1.82) is 0 Å². The van der Waals surface area contributed by atoms with Crippen molar-refractivity contribution in [3.63, 3.8) is 0 Å². The highest BCUT2D eigenvalue weighted by Crippen LogP contribution is 2.41. The minimum absolute atomic E-state index is 0.132. The summed E-state index contributed by atoms with van der Waals surface area (Å²) < 4.78 is 11.2. The molecule has 3 heteroatoms. The summed E-state index contributed by atoms with van der Waals surface area (Å²) in [6.45, 7) is 3.55. The van der Waals surface area contributed by atoms with Gasteiger partial charge in [-0.15, -0.1) is 0 Å². The lowest BCUT2D eigenvalue weighted by atomic mass is 9.91. The third-order valence-electron chi connectivity index (χ3n) is 4.62. The summed E-state index contributed by atoms with van der Waals surface area (Å²) in [7, 11) is 0. The van der Waals surface area contributed by atoms with Crippen LogP contribution in [0, 0.1) is 11.8 Å². The van der Waals surface area contributed by atoms with Gasteiger partial charge in [0, 0.05) is 6.04 Å². The highest BCUT2D eigenvalue weighted by atomic mass is 16.6. The fraction of sp³-hybridized carbons (Fsp3) is 0.625. The normalized spacial score (nSPS) is 27.3. The number of benzene rings is 1. The smallest absolute Gasteiger partial charge is 0.161 e. The van der Waals surface area contributed by atoms with E-state index in [-0.39, 0.29) is 6.04 Å². The van der Waals surface area contributed by atoms with Gasteiger partial charge in [-0.3, -0.25) is 0 Å². The minimum atomic E-state index is 0.132. The summed E-state index contributed by atoms with van der Waals surface area (Å²) in [4.78, 5) is 0. The number of fused-ring (bicyclic) bond motifs is 1. The van der Waals surface area contributed by atoms with E-state index >= 15 is 0 Å². The Hall–Kier alpha value is -1.22. The molecule has 0 amide bonds. The second-order valence-electron chi connectivity index (χ2n) is 5.78. The molecule has 3 rings (SSSR count). The molecule has 0 saturated heterocycles. The van der Waals surface area contributed by atoms with Crippen LogP contribution in [-0.2, 0) is 0 Å². The first-order valence-corrected chi connectivity index (χ1v) is 7.43. The topological polar surface area (TPSA) is 44.5 Å². The molecule has 3 unspecified atom stereocenters. The van der Waals surface area contributed by atoms with E-state index in [0.29, 0.717) is 19.1 Å². The zero-order chi connectivity index (χ0) is 13.2. The van der Waals surface area contributed by atoms with Crippen LogP contribution in [0.15, 0.2) is 18.2 Å². The molecule has 1 aromatic rings. The Bertz CT molecular complexity index is 446. The van der Waals surface area contributed by atoms with Gasteiger partial charge >= 0.3 is 0 Å². The fourth-order valence-corrected chi connectivity index (χ4v) is 3.35. The molecule has 1 aliphatic heterocycles. The lowest BCUT2D eigenvalue weighted by molar-refractivity contribution is 0.171. The van der Waals surface area contributed by atoms with E-state index in [1.807, 2.05) is 6.07 Å². The monoisotopic (exact) mass is 261 g/mol. The van der Waals surface area contributed by atoms with Crippen molar-refractivity contribution in [1.82, 2.24) is 0 Å². The van der Waals surface area contributed by atoms with Crippen LogP contribution in [0.4, 0.5) is 0 Å². The Labute approximate surface area is 115 Å². The Kier molecular flexibility index (Phi) is 3.65. The molecule has 0 aromatic heterocycles. The van der Waals surface area contributed by atoms with Crippen LogP contribution in [-0.4, -0.2) is 13.2 Å². The van der Waals surface area contributed by atoms with Crippen LogP contribution >= 0.6 is 0 Å².